The Labute approximate surface area is 212 Å². The van der Waals surface area contributed by atoms with Gasteiger partial charge in [-0.1, -0.05) is 12.6 Å². The zero-order valence-corrected chi connectivity index (χ0v) is 21.2. The molecule has 1 amide bonds. The van der Waals surface area contributed by atoms with Gasteiger partial charge in [0.15, 0.2) is 0 Å². The zero-order valence-electron chi connectivity index (χ0n) is 21.2. The van der Waals surface area contributed by atoms with Crippen LogP contribution in [0.2, 0.25) is 0 Å². The molecule has 8 nitrogen and oxygen atoms in total. The van der Waals surface area contributed by atoms with E-state index >= 15 is 0 Å². The number of hydrogen-bond donors (Lipinski definition) is 1. The van der Waals surface area contributed by atoms with Crippen LogP contribution in [-0.2, 0) is 9.53 Å². The Kier molecular flexibility index (Phi) is 6.09. The van der Waals surface area contributed by atoms with Crippen LogP contribution in [0.25, 0.3) is 0 Å². The number of carbonyl (C=O) groups is 1. The minimum absolute atomic E-state index is 0.0434. The average molecular weight is 490 g/mol. The molecular weight excluding hydrogens is 454 g/mol. The number of ether oxygens (including phenoxy) is 2. The summed E-state index contributed by atoms with van der Waals surface area (Å²) in [6.45, 7) is 14.8. The monoisotopic (exact) mass is 489 g/mol. The van der Waals surface area contributed by atoms with Gasteiger partial charge in [-0.15, -0.1) is 0 Å². The Hall–Kier alpha value is -3.10. The van der Waals surface area contributed by atoms with Gasteiger partial charge in [0.2, 0.25) is 5.91 Å². The van der Waals surface area contributed by atoms with E-state index in [0.29, 0.717) is 12.0 Å². The van der Waals surface area contributed by atoms with E-state index in [0.717, 1.165) is 87.3 Å². The molecule has 4 aliphatic heterocycles. The average Bonchev–Trinajstić information content (AvgIpc) is 3.29. The highest BCUT2D eigenvalue weighted by molar-refractivity contribution is 5.87. The highest BCUT2D eigenvalue weighted by Gasteiger charge is 2.38. The molecule has 36 heavy (non-hydrogen) atoms. The Morgan fingerprint density at radius 1 is 1.19 bits per heavy atom. The maximum Gasteiger partial charge on any atom is 0.246 e. The first-order valence-corrected chi connectivity index (χ1v) is 13.1. The van der Waals surface area contributed by atoms with Gasteiger partial charge in [0.1, 0.15) is 17.7 Å². The van der Waals surface area contributed by atoms with E-state index in [1.165, 1.54) is 17.3 Å². The topological polar surface area (TPSA) is 70.2 Å². The largest absolute Gasteiger partial charge is 0.483 e. The number of nitrogens with zero attached hydrogens (tertiary/aromatic N) is 4. The molecule has 4 aliphatic rings. The van der Waals surface area contributed by atoms with Gasteiger partial charge in [-0.3, -0.25) is 9.69 Å². The molecule has 8 heteroatoms. The van der Waals surface area contributed by atoms with E-state index in [1.54, 1.807) is 0 Å². The normalized spacial score (nSPS) is 24.2. The second-order valence-corrected chi connectivity index (χ2v) is 10.4. The van der Waals surface area contributed by atoms with Crippen molar-refractivity contribution < 1.29 is 14.3 Å². The number of likely N-dealkylation sites (tertiary alicyclic amines) is 2. The number of carbonyl (C=O) groups excluding carboxylic acids is 1. The van der Waals surface area contributed by atoms with Crippen LogP contribution >= 0.6 is 0 Å². The van der Waals surface area contributed by atoms with Crippen molar-refractivity contribution in [3.8, 4) is 5.75 Å². The minimum atomic E-state index is -0.118. The number of aromatic nitrogens is 1. The van der Waals surface area contributed by atoms with E-state index < -0.39 is 0 Å². The van der Waals surface area contributed by atoms with E-state index in [9.17, 15) is 4.79 Å². The summed E-state index contributed by atoms with van der Waals surface area (Å²) in [5.41, 5.74) is 5.74. The Bertz CT molecular complexity index is 1170. The molecule has 190 valence electrons. The van der Waals surface area contributed by atoms with Crippen molar-refractivity contribution in [1.82, 2.24) is 14.8 Å². The fourth-order valence-electron chi connectivity index (χ4n) is 6.08. The van der Waals surface area contributed by atoms with Crippen LogP contribution in [0.3, 0.4) is 0 Å². The molecule has 0 radical (unpaired) electrons. The second-order valence-electron chi connectivity index (χ2n) is 10.4. The Balaban J connectivity index is 1.21. The molecule has 1 unspecified atom stereocenters. The number of anilines is 3. The van der Waals surface area contributed by atoms with Crippen LogP contribution in [0.1, 0.15) is 42.1 Å². The standard InChI is InChI=1S/C28H35N5O3/c1-4-25(34)32-8-6-22(17-32)33-15-21(16-33)20-13-18(2)27-23(14-20)30-28-26(19(3)36-27)24(5-7-29-28)31-9-11-35-12-10-31/h4-5,7,13-14,19,21-22H,1,6,8-12,15-17H2,2-3H3,(H,29,30)/t19-,22?/m0/s1. The third-order valence-corrected chi connectivity index (χ3v) is 8.12. The lowest BCUT2D eigenvalue weighted by Gasteiger charge is -2.43. The molecule has 3 fully saturated rings. The van der Waals surface area contributed by atoms with Gasteiger partial charge >= 0.3 is 0 Å². The van der Waals surface area contributed by atoms with Gasteiger partial charge in [0, 0.05) is 63.1 Å². The molecule has 1 N–H and O–H groups in total. The third kappa shape index (κ3) is 4.12. The minimum Gasteiger partial charge on any atom is -0.483 e. The van der Waals surface area contributed by atoms with Crippen LogP contribution in [0, 0.1) is 6.92 Å². The number of rotatable bonds is 4. The molecular formula is C28H35N5O3. The third-order valence-electron chi connectivity index (χ3n) is 8.12. The smallest absolute Gasteiger partial charge is 0.246 e. The molecule has 3 saturated heterocycles. The van der Waals surface area contributed by atoms with E-state index in [-0.39, 0.29) is 12.0 Å². The van der Waals surface area contributed by atoms with E-state index in [2.05, 4.69) is 53.7 Å². The fourth-order valence-corrected chi connectivity index (χ4v) is 6.08. The van der Waals surface area contributed by atoms with Gasteiger partial charge < -0.3 is 24.6 Å². The zero-order chi connectivity index (χ0) is 24.8. The number of morpholine rings is 1. The number of aryl methyl sites for hydroxylation is 1. The van der Waals surface area contributed by atoms with Gasteiger partial charge in [-0.25, -0.2) is 4.98 Å². The molecule has 0 spiro atoms. The number of fused-ring (bicyclic) bond motifs is 2. The van der Waals surface area contributed by atoms with Crippen molar-refractivity contribution in [2.75, 3.05) is 62.7 Å². The maximum absolute atomic E-state index is 12.0. The quantitative estimate of drug-likeness (QED) is 0.658. The van der Waals surface area contributed by atoms with Crippen LogP contribution in [0.4, 0.5) is 17.2 Å². The lowest BCUT2D eigenvalue weighted by Crippen LogP contribution is -2.51. The highest BCUT2D eigenvalue weighted by Crippen LogP contribution is 2.45. The van der Waals surface area contributed by atoms with Crippen LogP contribution in [-0.4, -0.2) is 79.2 Å². The molecule has 5 heterocycles. The van der Waals surface area contributed by atoms with Crippen LogP contribution in [0.15, 0.2) is 37.1 Å². The number of benzene rings is 1. The molecule has 2 aromatic rings. The first-order chi connectivity index (χ1) is 17.5. The predicted octanol–water partition coefficient (Wildman–Crippen LogP) is 3.61. The second kappa shape index (κ2) is 9.41. The van der Waals surface area contributed by atoms with Gasteiger partial charge in [-0.05, 0) is 49.6 Å². The van der Waals surface area contributed by atoms with Gasteiger partial charge in [0.05, 0.1) is 24.5 Å². The fraction of sp³-hybridized carbons (Fsp3) is 0.500. The molecule has 1 aromatic carbocycles. The lowest BCUT2D eigenvalue weighted by atomic mass is 9.88. The van der Waals surface area contributed by atoms with Crippen molar-refractivity contribution in [3.05, 3.63) is 53.7 Å². The molecule has 1 aromatic heterocycles. The van der Waals surface area contributed by atoms with E-state index in [1.807, 2.05) is 11.1 Å². The summed E-state index contributed by atoms with van der Waals surface area (Å²) < 4.78 is 12.1. The predicted molar refractivity (Wildman–Crippen MR) is 140 cm³/mol. The first-order valence-electron chi connectivity index (χ1n) is 13.1. The summed E-state index contributed by atoms with van der Waals surface area (Å²) in [4.78, 5) is 23.5. The summed E-state index contributed by atoms with van der Waals surface area (Å²) >= 11 is 0. The van der Waals surface area contributed by atoms with Gasteiger partial charge in [0.25, 0.3) is 0 Å². The van der Waals surface area contributed by atoms with Crippen molar-refractivity contribution in [2.24, 2.45) is 0 Å². The summed E-state index contributed by atoms with van der Waals surface area (Å²) in [7, 11) is 0. The molecule has 2 atom stereocenters. The van der Waals surface area contributed by atoms with Gasteiger partial charge in [-0.2, -0.15) is 0 Å². The lowest BCUT2D eigenvalue weighted by molar-refractivity contribution is -0.125. The van der Waals surface area contributed by atoms with E-state index in [4.69, 9.17) is 14.5 Å². The summed E-state index contributed by atoms with van der Waals surface area (Å²) in [6.07, 6.45) is 4.23. The van der Waals surface area contributed by atoms with Crippen LogP contribution in [0.5, 0.6) is 5.75 Å². The summed E-state index contributed by atoms with van der Waals surface area (Å²) in [6, 6.07) is 7.07. The first kappa shape index (κ1) is 23.3. The molecule has 6 rings (SSSR count). The van der Waals surface area contributed by atoms with Crippen molar-refractivity contribution in [3.63, 3.8) is 0 Å². The number of amides is 1. The number of nitrogens with one attached hydrogen (secondary N) is 1. The summed E-state index contributed by atoms with van der Waals surface area (Å²) in [5.74, 6) is 2.30. The van der Waals surface area contributed by atoms with Crippen LogP contribution < -0.4 is 15.0 Å². The Morgan fingerprint density at radius 3 is 2.78 bits per heavy atom. The number of hydrogen-bond acceptors (Lipinski definition) is 7. The van der Waals surface area contributed by atoms with Crippen molar-refractivity contribution in [2.45, 2.75) is 38.3 Å². The molecule has 0 bridgehead atoms. The highest BCUT2D eigenvalue weighted by atomic mass is 16.5. The maximum atomic E-state index is 12.0. The summed E-state index contributed by atoms with van der Waals surface area (Å²) in [5, 5.41) is 3.63. The molecule has 0 saturated carbocycles. The van der Waals surface area contributed by atoms with Crippen molar-refractivity contribution in [1.29, 1.82) is 0 Å². The number of pyridine rings is 1. The molecule has 0 aliphatic carbocycles. The van der Waals surface area contributed by atoms with Crippen molar-refractivity contribution >= 4 is 23.1 Å². The SMILES string of the molecule is C=CC(=O)N1CCC(N2CC(c3cc(C)c4c(c3)Nc3nccc(N5CCOCC5)c3[C@H](C)O4)C2)C1. The Morgan fingerprint density at radius 2 is 2.00 bits per heavy atom.